The van der Waals surface area contributed by atoms with Crippen LogP contribution in [0.4, 0.5) is 5.82 Å². The molecule has 0 aliphatic carbocycles. The number of carbonyl (C=O) groups is 2. The predicted molar refractivity (Wildman–Crippen MR) is 126 cm³/mol. The second kappa shape index (κ2) is 10.4. The highest BCUT2D eigenvalue weighted by Crippen LogP contribution is 2.23. The Morgan fingerprint density at radius 3 is 2.53 bits per heavy atom. The molecule has 2 heterocycles. The fourth-order valence-corrected chi connectivity index (χ4v) is 3.90. The lowest BCUT2D eigenvalue weighted by Crippen LogP contribution is -2.41. The van der Waals surface area contributed by atoms with Crippen LogP contribution in [-0.2, 0) is 11.4 Å². The number of piperidine rings is 1. The quantitative estimate of drug-likeness (QED) is 0.529. The number of amides is 2. The van der Waals surface area contributed by atoms with Gasteiger partial charge in [0.2, 0.25) is 5.91 Å². The number of benzene rings is 2. The second-order valence-corrected chi connectivity index (χ2v) is 8.64. The molecule has 0 bridgehead atoms. The third-order valence-corrected chi connectivity index (χ3v) is 5.93. The number of carbonyl (C=O) groups excluding carboxylic acids is 2. The number of nitrogens with one attached hydrogen (secondary N) is 1. The molecule has 0 saturated carbocycles. The second-order valence-electron chi connectivity index (χ2n) is 7.72. The Morgan fingerprint density at radius 2 is 1.81 bits per heavy atom. The van der Waals surface area contributed by atoms with Crippen LogP contribution >= 0.6 is 15.9 Å². The zero-order valence-electron chi connectivity index (χ0n) is 17.5. The summed E-state index contributed by atoms with van der Waals surface area (Å²) in [6.07, 6.45) is 2.89. The van der Waals surface area contributed by atoms with Crippen molar-refractivity contribution in [3.05, 3.63) is 88.5 Å². The average molecular weight is 494 g/mol. The first-order valence-corrected chi connectivity index (χ1v) is 11.4. The Morgan fingerprint density at radius 1 is 1.03 bits per heavy atom. The summed E-state index contributed by atoms with van der Waals surface area (Å²) in [6, 6.07) is 20.8. The molecule has 2 amide bonds. The monoisotopic (exact) mass is 493 g/mol. The smallest absolute Gasteiger partial charge is 0.253 e. The molecule has 2 aromatic carbocycles. The van der Waals surface area contributed by atoms with Crippen molar-refractivity contribution in [3.63, 3.8) is 0 Å². The van der Waals surface area contributed by atoms with Gasteiger partial charge in [-0.2, -0.15) is 0 Å². The first kappa shape index (κ1) is 22.0. The molecular weight excluding hydrogens is 470 g/mol. The lowest BCUT2D eigenvalue weighted by atomic mass is 9.95. The van der Waals surface area contributed by atoms with Crippen LogP contribution < -0.4 is 10.1 Å². The van der Waals surface area contributed by atoms with E-state index in [1.807, 2.05) is 48.5 Å². The van der Waals surface area contributed by atoms with Gasteiger partial charge in [0.25, 0.3) is 5.91 Å². The SMILES string of the molecule is O=C(Nc1ccc(Br)cn1)C1CCN(C(=O)c2cccc(OCc3ccccc3)c2)CC1. The molecule has 6 nitrogen and oxygen atoms in total. The van der Waals surface area contributed by atoms with Crippen LogP contribution in [-0.4, -0.2) is 34.8 Å². The van der Waals surface area contributed by atoms with Gasteiger partial charge in [0, 0.05) is 35.2 Å². The fourth-order valence-electron chi connectivity index (χ4n) is 3.67. The number of halogens is 1. The Kier molecular flexibility index (Phi) is 7.17. The standard InChI is InChI=1S/C25H24BrN3O3/c26-21-9-10-23(27-16-21)28-24(30)19-11-13-29(14-12-19)25(31)20-7-4-8-22(15-20)32-17-18-5-2-1-3-6-18/h1-10,15-16,19H,11-14,17H2,(H,27,28,30). The summed E-state index contributed by atoms with van der Waals surface area (Å²) in [6.45, 7) is 1.53. The van der Waals surface area contributed by atoms with Crippen LogP contribution in [0.5, 0.6) is 5.75 Å². The normalized spacial score (nSPS) is 14.1. The van der Waals surface area contributed by atoms with Crippen molar-refractivity contribution in [2.24, 2.45) is 5.92 Å². The summed E-state index contributed by atoms with van der Waals surface area (Å²) in [5.74, 6) is 0.969. The number of hydrogen-bond acceptors (Lipinski definition) is 4. The van der Waals surface area contributed by atoms with Crippen molar-refractivity contribution < 1.29 is 14.3 Å². The van der Waals surface area contributed by atoms with E-state index < -0.39 is 0 Å². The molecule has 1 fully saturated rings. The maximum absolute atomic E-state index is 13.0. The first-order valence-electron chi connectivity index (χ1n) is 10.6. The third-order valence-electron chi connectivity index (χ3n) is 5.46. The molecule has 1 aliphatic heterocycles. The number of hydrogen-bond donors (Lipinski definition) is 1. The van der Waals surface area contributed by atoms with Gasteiger partial charge in [-0.15, -0.1) is 0 Å². The van der Waals surface area contributed by atoms with Gasteiger partial charge in [-0.05, 0) is 64.7 Å². The Labute approximate surface area is 195 Å². The minimum Gasteiger partial charge on any atom is -0.489 e. The van der Waals surface area contributed by atoms with E-state index in [0.29, 0.717) is 49.7 Å². The molecule has 0 atom stereocenters. The van der Waals surface area contributed by atoms with Crippen molar-refractivity contribution in [2.45, 2.75) is 19.4 Å². The van der Waals surface area contributed by atoms with Crippen LogP contribution in [0.25, 0.3) is 0 Å². The highest BCUT2D eigenvalue weighted by molar-refractivity contribution is 9.10. The largest absolute Gasteiger partial charge is 0.489 e. The molecule has 7 heteroatoms. The number of ether oxygens (including phenoxy) is 1. The molecule has 0 unspecified atom stereocenters. The fraction of sp³-hybridized carbons (Fsp3) is 0.240. The van der Waals surface area contributed by atoms with E-state index >= 15 is 0 Å². The lowest BCUT2D eigenvalue weighted by molar-refractivity contribution is -0.121. The van der Waals surface area contributed by atoms with E-state index in [1.54, 1.807) is 29.3 Å². The van der Waals surface area contributed by atoms with Crippen molar-refractivity contribution in [3.8, 4) is 5.75 Å². The lowest BCUT2D eigenvalue weighted by Gasteiger charge is -2.31. The summed E-state index contributed by atoms with van der Waals surface area (Å²) in [5, 5.41) is 2.86. The van der Waals surface area contributed by atoms with E-state index in [0.717, 1.165) is 10.0 Å². The topological polar surface area (TPSA) is 71.5 Å². The molecule has 3 aromatic rings. The Bertz CT molecular complexity index is 1070. The zero-order valence-corrected chi connectivity index (χ0v) is 19.1. The summed E-state index contributed by atoms with van der Waals surface area (Å²) in [7, 11) is 0. The van der Waals surface area contributed by atoms with Crippen LogP contribution in [0.1, 0.15) is 28.8 Å². The van der Waals surface area contributed by atoms with Crippen molar-refractivity contribution in [2.75, 3.05) is 18.4 Å². The third kappa shape index (κ3) is 5.73. The van der Waals surface area contributed by atoms with E-state index in [-0.39, 0.29) is 17.7 Å². The molecule has 164 valence electrons. The molecule has 1 saturated heterocycles. The van der Waals surface area contributed by atoms with Gasteiger partial charge in [-0.1, -0.05) is 36.4 Å². The van der Waals surface area contributed by atoms with Gasteiger partial charge in [0.05, 0.1) is 0 Å². The number of nitrogens with zero attached hydrogens (tertiary/aromatic N) is 2. The van der Waals surface area contributed by atoms with Crippen LogP contribution in [0.3, 0.4) is 0 Å². The molecular formula is C25H24BrN3O3. The molecule has 4 rings (SSSR count). The van der Waals surface area contributed by atoms with Gasteiger partial charge in [0.1, 0.15) is 18.2 Å². The summed E-state index contributed by atoms with van der Waals surface area (Å²) in [4.78, 5) is 31.5. The summed E-state index contributed by atoms with van der Waals surface area (Å²) < 4.78 is 6.71. The predicted octanol–water partition coefficient (Wildman–Crippen LogP) is 4.91. The molecule has 32 heavy (non-hydrogen) atoms. The van der Waals surface area contributed by atoms with Gasteiger partial charge in [-0.25, -0.2) is 4.98 Å². The summed E-state index contributed by atoms with van der Waals surface area (Å²) >= 11 is 3.33. The van der Waals surface area contributed by atoms with Crippen molar-refractivity contribution in [1.29, 1.82) is 0 Å². The highest BCUT2D eigenvalue weighted by Gasteiger charge is 2.28. The molecule has 1 N–H and O–H groups in total. The van der Waals surface area contributed by atoms with Crippen LogP contribution in [0.2, 0.25) is 0 Å². The molecule has 0 spiro atoms. The maximum atomic E-state index is 13.0. The van der Waals surface area contributed by atoms with Gasteiger partial charge >= 0.3 is 0 Å². The molecule has 1 aliphatic rings. The Hall–Kier alpha value is -3.19. The van der Waals surface area contributed by atoms with Gasteiger partial charge < -0.3 is 15.0 Å². The minimum absolute atomic E-state index is 0.0383. The van der Waals surface area contributed by atoms with Crippen LogP contribution in [0, 0.1) is 5.92 Å². The maximum Gasteiger partial charge on any atom is 0.253 e. The molecule has 0 radical (unpaired) electrons. The van der Waals surface area contributed by atoms with Gasteiger partial charge in [0.15, 0.2) is 0 Å². The Balaban J connectivity index is 1.30. The van der Waals surface area contributed by atoms with Crippen molar-refractivity contribution in [1.82, 2.24) is 9.88 Å². The number of aromatic nitrogens is 1. The number of anilines is 1. The summed E-state index contributed by atoms with van der Waals surface area (Å²) in [5.41, 5.74) is 1.67. The van der Waals surface area contributed by atoms with Gasteiger partial charge in [-0.3, -0.25) is 9.59 Å². The van der Waals surface area contributed by atoms with E-state index in [2.05, 4.69) is 26.2 Å². The number of likely N-dealkylation sites (tertiary alicyclic amines) is 1. The zero-order chi connectivity index (χ0) is 22.3. The highest BCUT2D eigenvalue weighted by atomic mass is 79.9. The number of rotatable bonds is 6. The number of pyridine rings is 1. The van der Waals surface area contributed by atoms with E-state index in [9.17, 15) is 9.59 Å². The van der Waals surface area contributed by atoms with Crippen molar-refractivity contribution >= 4 is 33.6 Å². The first-order chi connectivity index (χ1) is 15.6. The molecule has 1 aromatic heterocycles. The van der Waals surface area contributed by atoms with E-state index in [1.165, 1.54) is 0 Å². The minimum atomic E-state index is -0.134. The average Bonchev–Trinajstić information content (AvgIpc) is 2.84. The van der Waals surface area contributed by atoms with E-state index in [4.69, 9.17) is 4.74 Å². The van der Waals surface area contributed by atoms with Crippen LogP contribution in [0.15, 0.2) is 77.4 Å².